The van der Waals surface area contributed by atoms with Gasteiger partial charge < -0.3 is 9.80 Å². The largest absolute Gasteiger partial charge is 0.311 e. The van der Waals surface area contributed by atoms with Crippen LogP contribution in [0.2, 0.25) is 0 Å². The van der Waals surface area contributed by atoms with Crippen LogP contribution in [0.25, 0.3) is 65.7 Å². The van der Waals surface area contributed by atoms with Crippen molar-refractivity contribution < 1.29 is 0 Å². The summed E-state index contributed by atoms with van der Waals surface area (Å²) in [5.41, 5.74) is 13.9. The van der Waals surface area contributed by atoms with E-state index in [0.29, 0.717) is 0 Å². The number of anilines is 6. The van der Waals surface area contributed by atoms with Gasteiger partial charge in [0.25, 0.3) is 0 Å². The molecule has 0 aliphatic carbocycles. The number of hydrogen-bond acceptors (Lipinski definition) is 2. The van der Waals surface area contributed by atoms with Gasteiger partial charge in [-0.15, -0.1) is 0 Å². The minimum atomic E-state index is 1.10. The maximum Gasteiger partial charge on any atom is 0.0468 e. The molecule has 0 bridgehead atoms. The highest BCUT2D eigenvalue weighted by atomic mass is 15.1. The Morgan fingerprint density at radius 2 is 0.435 bits per heavy atom. The smallest absolute Gasteiger partial charge is 0.0468 e. The second-order valence-electron chi connectivity index (χ2n) is 15.8. The summed E-state index contributed by atoms with van der Waals surface area (Å²) < 4.78 is 0. The number of rotatable bonds is 9. The van der Waals surface area contributed by atoms with Crippen molar-refractivity contribution in [2.45, 2.75) is 0 Å². The molecule has 11 aromatic carbocycles. The monoisotopic (exact) mass is 790 g/mol. The minimum Gasteiger partial charge on any atom is -0.311 e. The standard InChI is InChI=1S/C60H42N2/c1-5-15-43(16-6-1)45-25-32-51(33-26-45)61(52-34-27-46(28-35-52)44-17-7-2-8-18-44)53-36-29-47(30-37-53)48-31-39-57-58-40-38-54(42-60(58)56-24-14-13-23-55(56)59(57)41-48)62(49-19-9-3-10-20-49)50-21-11-4-12-22-50/h1-42H. The summed E-state index contributed by atoms with van der Waals surface area (Å²) in [5.74, 6) is 0. The van der Waals surface area contributed by atoms with Crippen LogP contribution < -0.4 is 9.80 Å². The van der Waals surface area contributed by atoms with Gasteiger partial charge in [-0.25, -0.2) is 0 Å². The van der Waals surface area contributed by atoms with Crippen LogP contribution in [-0.2, 0) is 0 Å². The molecule has 2 nitrogen and oxygen atoms in total. The third kappa shape index (κ3) is 6.94. The van der Waals surface area contributed by atoms with E-state index in [1.165, 1.54) is 65.7 Å². The van der Waals surface area contributed by atoms with Gasteiger partial charge in [-0.3, -0.25) is 0 Å². The Balaban J connectivity index is 0.976. The van der Waals surface area contributed by atoms with Crippen LogP contribution in [-0.4, -0.2) is 0 Å². The Morgan fingerprint density at radius 3 is 0.887 bits per heavy atom. The van der Waals surface area contributed by atoms with Gasteiger partial charge in [0, 0.05) is 34.1 Å². The van der Waals surface area contributed by atoms with Gasteiger partial charge in [-0.2, -0.15) is 0 Å². The lowest BCUT2D eigenvalue weighted by molar-refractivity contribution is 1.28. The van der Waals surface area contributed by atoms with Gasteiger partial charge in [0.1, 0.15) is 0 Å². The molecule has 0 spiro atoms. The van der Waals surface area contributed by atoms with E-state index in [4.69, 9.17) is 0 Å². The second-order valence-corrected chi connectivity index (χ2v) is 15.8. The van der Waals surface area contributed by atoms with Crippen LogP contribution in [0, 0.1) is 0 Å². The Hall–Kier alpha value is -8.20. The van der Waals surface area contributed by atoms with Crippen molar-refractivity contribution in [2.24, 2.45) is 0 Å². The molecule has 0 radical (unpaired) electrons. The molecule has 0 aliphatic heterocycles. The zero-order valence-electron chi connectivity index (χ0n) is 34.1. The van der Waals surface area contributed by atoms with E-state index >= 15 is 0 Å². The molecular weight excluding hydrogens is 749 g/mol. The molecule has 0 aromatic heterocycles. The number of benzene rings is 11. The SMILES string of the molecule is c1ccc(-c2ccc(N(c3ccc(-c4ccccc4)cc3)c3ccc(-c4ccc5c6ccc(N(c7ccccc7)c7ccccc7)cc6c6ccccc6c5c4)cc3)cc2)cc1. The predicted octanol–water partition coefficient (Wildman–Crippen LogP) is 17.1. The molecule has 0 amide bonds. The first-order valence-corrected chi connectivity index (χ1v) is 21.3. The van der Waals surface area contributed by atoms with Crippen LogP contribution in [0.5, 0.6) is 0 Å². The molecular formula is C60H42N2. The number of hydrogen-bond donors (Lipinski definition) is 0. The highest BCUT2D eigenvalue weighted by Gasteiger charge is 2.17. The zero-order valence-corrected chi connectivity index (χ0v) is 34.1. The fraction of sp³-hybridized carbons (Fsp3) is 0. The van der Waals surface area contributed by atoms with Gasteiger partial charge in [-0.05, 0) is 145 Å². The van der Waals surface area contributed by atoms with E-state index in [0.717, 1.165) is 34.1 Å². The van der Waals surface area contributed by atoms with Crippen LogP contribution in [0.3, 0.4) is 0 Å². The Labute approximate surface area is 362 Å². The van der Waals surface area contributed by atoms with Gasteiger partial charge in [0.2, 0.25) is 0 Å². The van der Waals surface area contributed by atoms with Crippen molar-refractivity contribution in [1.29, 1.82) is 0 Å². The first-order chi connectivity index (χ1) is 30.7. The summed E-state index contributed by atoms with van der Waals surface area (Å²) in [7, 11) is 0. The average molecular weight is 791 g/mol. The molecule has 11 aromatic rings. The second kappa shape index (κ2) is 16.1. The summed E-state index contributed by atoms with van der Waals surface area (Å²) in [5, 5.41) is 7.49. The first kappa shape index (κ1) is 36.8. The lowest BCUT2D eigenvalue weighted by Crippen LogP contribution is -2.09. The van der Waals surface area contributed by atoms with Crippen molar-refractivity contribution in [3.05, 3.63) is 255 Å². The molecule has 0 heterocycles. The van der Waals surface area contributed by atoms with Gasteiger partial charge in [-0.1, -0.05) is 176 Å². The van der Waals surface area contributed by atoms with Crippen LogP contribution in [0.15, 0.2) is 255 Å². The Kier molecular flexibility index (Phi) is 9.57. The molecule has 0 fully saturated rings. The molecule has 62 heavy (non-hydrogen) atoms. The lowest BCUT2D eigenvalue weighted by atomic mass is 9.91. The van der Waals surface area contributed by atoms with E-state index < -0.39 is 0 Å². The van der Waals surface area contributed by atoms with Crippen molar-refractivity contribution in [3.63, 3.8) is 0 Å². The fourth-order valence-electron chi connectivity index (χ4n) is 8.98. The van der Waals surface area contributed by atoms with Gasteiger partial charge in [0.15, 0.2) is 0 Å². The molecule has 0 unspecified atom stereocenters. The van der Waals surface area contributed by atoms with E-state index in [2.05, 4.69) is 265 Å². The van der Waals surface area contributed by atoms with E-state index in [1.54, 1.807) is 0 Å². The van der Waals surface area contributed by atoms with Crippen LogP contribution in [0.1, 0.15) is 0 Å². The van der Waals surface area contributed by atoms with Gasteiger partial charge >= 0.3 is 0 Å². The molecule has 0 saturated carbocycles. The number of fused-ring (bicyclic) bond motifs is 6. The highest BCUT2D eigenvalue weighted by molar-refractivity contribution is 6.26. The van der Waals surface area contributed by atoms with Crippen molar-refractivity contribution in [3.8, 4) is 33.4 Å². The van der Waals surface area contributed by atoms with E-state index in [9.17, 15) is 0 Å². The van der Waals surface area contributed by atoms with Crippen LogP contribution in [0.4, 0.5) is 34.1 Å². The molecule has 11 rings (SSSR count). The quantitative estimate of drug-likeness (QED) is 0.134. The van der Waals surface area contributed by atoms with E-state index in [1.807, 2.05) is 0 Å². The molecule has 0 saturated heterocycles. The summed E-state index contributed by atoms with van der Waals surface area (Å²) in [6, 6.07) is 91.9. The minimum absolute atomic E-state index is 1.10. The van der Waals surface area contributed by atoms with E-state index in [-0.39, 0.29) is 0 Å². The normalized spacial score (nSPS) is 11.2. The third-order valence-corrected chi connectivity index (χ3v) is 12.0. The topological polar surface area (TPSA) is 6.48 Å². The summed E-state index contributed by atoms with van der Waals surface area (Å²) >= 11 is 0. The molecule has 0 aliphatic rings. The maximum atomic E-state index is 2.38. The third-order valence-electron chi connectivity index (χ3n) is 12.0. The Bertz CT molecular complexity index is 3150. The highest BCUT2D eigenvalue weighted by Crippen LogP contribution is 2.43. The molecule has 0 N–H and O–H groups in total. The maximum absolute atomic E-state index is 2.38. The first-order valence-electron chi connectivity index (χ1n) is 21.3. The fourth-order valence-corrected chi connectivity index (χ4v) is 8.98. The van der Waals surface area contributed by atoms with Crippen molar-refractivity contribution in [1.82, 2.24) is 0 Å². The molecule has 292 valence electrons. The summed E-state index contributed by atoms with van der Waals surface area (Å²) in [6.45, 7) is 0. The predicted molar refractivity (Wildman–Crippen MR) is 265 cm³/mol. The summed E-state index contributed by atoms with van der Waals surface area (Å²) in [4.78, 5) is 4.68. The lowest BCUT2D eigenvalue weighted by Gasteiger charge is -2.26. The molecule has 2 heteroatoms. The summed E-state index contributed by atoms with van der Waals surface area (Å²) in [6.07, 6.45) is 0. The van der Waals surface area contributed by atoms with Crippen molar-refractivity contribution in [2.75, 3.05) is 9.80 Å². The van der Waals surface area contributed by atoms with Crippen LogP contribution >= 0.6 is 0 Å². The Morgan fingerprint density at radius 1 is 0.161 bits per heavy atom. The van der Waals surface area contributed by atoms with Gasteiger partial charge in [0.05, 0.1) is 0 Å². The molecule has 0 atom stereocenters. The van der Waals surface area contributed by atoms with Crippen molar-refractivity contribution >= 4 is 66.4 Å². The average Bonchev–Trinajstić information content (AvgIpc) is 3.36. The number of para-hydroxylation sites is 2. The zero-order chi connectivity index (χ0) is 41.2. The number of nitrogens with zero attached hydrogens (tertiary/aromatic N) is 2.